The van der Waals surface area contributed by atoms with Crippen LogP contribution in [0.5, 0.6) is 0 Å². The van der Waals surface area contributed by atoms with Crippen molar-refractivity contribution >= 4 is 35.1 Å². The van der Waals surface area contributed by atoms with Gasteiger partial charge in [-0.2, -0.15) is 5.01 Å². The second-order valence-electron chi connectivity index (χ2n) is 8.24. The third-order valence-electron chi connectivity index (χ3n) is 5.96. The van der Waals surface area contributed by atoms with E-state index in [0.717, 1.165) is 37.8 Å². The Morgan fingerprint density at radius 3 is 2.79 bits per heavy atom. The van der Waals surface area contributed by atoms with Gasteiger partial charge in [0.25, 0.3) is 0 Å². The van der Waals surface area contributed by atoms with E-state index < -0.39 is 11.8 Å². The number of ether oxygens (including phenoxy) is 1. The Bertz CT molecular complexity index is 1060. The van der Waals surface area contributed by atoms with Gasteiger partial charge in [0.05, 0.1) is 17.7 Å². The summed E-state index contributed by atoms with van der Waals surface area (Å²) in [6.07, 6.45) is 8.94. The van der Waals surface area contributed by atoms with Gasteiger partial charge in [0.2, 0.25) is 11.6 Å². The number of nitrogens with zero attached hydrogens (tertiary/aromatic N) is 2. The lowest BCUT2D eigenvalue weighted by molar-refractivity contribution is -0.0609. The van der Waals surface area contributed by atoms with E-state index >= 15 is 0 Å². The highest BCUT2D eigenvalue weighted by molar-refractivity contribution is 6.35. The van der Waals surface area contributed by atoms with Crippen molar-refractivity contribution in [1.82, 2.24) is 15.8 Å². The number of rotatable bonds is 8. The largest absolute Gasteiger partial charge is 0.443 e. The molecule has 2 aromatic rings. The molecule has 2 aliphatic rings. The minimum Gasteiger partial charge on any atom is -0.443 e. The van der Waals surface area contributed by atoms with Crippen molar-refractivity contribution < 1.29 is 14.4 Å². The first-order valence-electron chi connectivity index (χ1n) is 11.3. The lowest BCUT2D eigenvalue weighted by Crippen LogP contribution is -2.49. The summed E-state index contributed by atoms with van der Waals surface area (Å²) in [5.41, 5.74) is 2.49. The van der Waals surface area contributed by atoms with Gasteiger partial charge in [-0.1, -0.05) is 65.7 Å². The van der Waals surface area contributed by atoms with Crippen LogP contribution in [0.25, 0.3) is 0 Å². The number of hydroxylamine groups is 1. The molecular weight excluding hydrogens is 475 g/mol. The molecule has 0 fully saturated rings. The number of hydrogen-bond acceptors (Lipinski definition) is 5. The van der Waals surface area contributed by atoms with Crippen LogP contribution in [0.3, 0.4) is 0 Å². The maximum atomic E-state index is 13.1. The van der Waals surface area contributed by atoms with E-state index in [1.54, 1.807) is 18.2 Å². The highest BCUT2D eigenvalue weighted by Gasteiger charge is 2.50. The van der Waals surface area contributed by atoms with Crippen molar-refractivity contribution in [2.24, 2.45) is 5.10 Å². The summed E-state index contributed by atoms with van der Waals surface area (Å²) in [4.78, 5) is 18.0. The number of carbonyl (C=O) groups is 1. The molecule has 0 saturated heterocycles. The van der Waals surface area contributed by atoms with E-state index in [0.29, 0.717) is 28.1 Å². The fraction of sp³-hybridized carbons (Fsp3) is 0.360. The quantitative estimate of drug-likeness (QED) is 0.280. The number of nitrogens with one attached hydrogen (secondary N) is 2. The third-order valence-corrected chi connectivity index (χ3v) is 6.52. The second kappa shape index (κ2) is 11.2. The first-order chi connectivity index (χ1) is 16.5. The van der Waals surface area contributed by atoms with Gasteiger partial charge in [-0.3, -0.25) is 4.84 Å². The van der Waals surface area contributed by atoms with E-state index in [-0.39, 0.29) is 5.90 Å². The Hall–Kier alpha value is -2.58. The van der Waals surface area contributed by atoms with Crippen LogP contribution in [-0.4, -0.2) is 36.6 Å². The lowest BCUT2D eigenvalue weighted by Gasteiger charge is -2.35. The van der Waals surface area contributed by atoms with Gasteiger partial charge in [0, 0.05) is 23.0 Å². The van der Waals surface area contributed by atoms with Crippen LogP contribution in [0.15, 0.2) is 65.8 Å². The molecule has 7 nitrogen and oxygen atoms in total. The van der Waals surface area contributed by atoms with Crippen LogP contribution in [0.4, 0.5) is 4.79 Å². The van der Waals surface area contributed by atoms with Crippen LogP contribution in [0, 0.1) is 0 Å². The lowest BCUT2D eigenvalue weighted by atomic mass is 9.96. The molecule has 1 aliphatic heterocycles. The average Bonchev–Trinajstić information content (AvgIpc) is 3.25. The number of halogens is 2. The zero-order valence-corrected chi connectivity index (χ0v) is 20.5. The highest BCUT2D eigenvalue weighted by Crippen LogP contribution is 2.41. The number of hydrazone groups is 1. The Labute approximate surface area is 209 Å². The summed E-state index contributed by atoms with van der Waals surface area (Å²) in [5.74, 6) is 0.216. The van der Waals surface area contributed by atoms with E-state index in [9.17, 15) is 4.79 Å². The fourth-order valence-electron chi connectivity index (χ4n) is 4.30. The summed E-state index contributed by atoms with van der Waals surface area (Å²) in [6, 6.07) is 14.5. The van der Waals surface area contributed by atoms with E-state index in [1.165, 1.54) is 12.1 Å². The number of hydrogen-bond donors (Lipinski definition) is 2. The smallest absolute Gasteiger partial charge is 0.365 e. The zero-order chi connectivity index (χ0) is 24.0. The fourth-order valence-corrected chi connectivity index (χ4v) is 4.67. The molecule has 1 aliphatic carbocycles. The summed E-state index contributed by atoms with van der Waals surface area (Å²) >= 11 is 12.7. The van der Waals surface area contributed by atoms with Crippen LogP contribution < -0.4 is 10.8 Å². The molecule has 2 N–H and O–H groups in total. The van der Waals surface area contributed by atoms with Gasteiger partial charge in [-0.25, -0.2) is 10.3 Å². The molecule has 0 saturated carbocycles. The third kappa shape index (κ3) is 5.39. The molecule has 0 spiro atoms. The Balaban J connectivity index is 1.64. The molecule has 2 amide bonds. The SMILES string of the molecule is CONC(=O)N1N=C(c2cc(Cl)ccc2Cl)OC1(CCCNC1CC=CCC1)c1ccccc1. The minimum atomic E-state index is -1.18. The number of amides is 2. The molecule has 2 atom stereocenters. The average molecular weight is 503 g/mol. The van der Waals surface area contributed by atoms with E-state index in [4.69, 9.17) is 32.8 Å². The van der Waals surface area contributed by atoms with Crippen molar-refractivity contribution in [1.29, 1.82) is 0 Å². The number of benzene rings is 2. The van der Waals surface area contributed by atoms with Crippen molar-refractivity contribution in [3.63, 3.8) is 0 Å². The monoisotopic (exact) mass is 502 g/mol. The predicted molar refractivity (Wildman–Crippen MR) is 134 cm³/mol. The van der Waals surface area contributed by atoms with Crippen molar-refractivity contribution in [3.05, 3.63) is 81.9 Å². The zero-order valence-electron chi connectivity index (χ0n) is 19.0. The Morgan fingerprint density at radius 2 is 2.06 bits per heavy atom. The van der Waals surface area contributed by atoms with Gasteiger partial charge in [-0.15, -0.1) is 5.10 Å². The molecule has 180 valence electrons. The van der Waals surface area contributed by atoms with Crippen LogP contribution in [0.2, 0.25) is 10.0 Å². The molecule has 34 heavy (non-hydrogen) atoms. The molecule has 2 aromatic carbocycles. The van der Waals surface area contributed by atoms with Crippen LogP contribution in [0.1, 0.15) is 43.2 Å². The van der Waals surface area contributed by atoms with Gasteiger partial charge in [0.1, 0.15) is 0 Å². The van der Waals surface area contributed by atoms with E-state index in [1.807, 2.05) is 30.3 Å². The minimum absolute atomic E-state index is 0.216. The normalized spacial score (nSPS) is 21.8. The number of carbonyl (C=O) groups excluding carboxylic acids is 1. The summed E-state index contributed by atoms with van der Waals surface area (Å²) in [5, 5.41) is 10.4. The number of urea groups is 1. The second-order valence-corrected chi connectivity index (χ2v) is 9.09. The molecule has 0 radical (unpaired) electrons. The molecule has 1 heterocycles. The Kier molecular flexibility index (Phi) is 8.11. The summed E-state index contributed by atoms with van der Waals surface area (Å²) in [7, 11) is 1.38. The Morgan fingerprint density at radius 1 is 1.24 bits per heavy atom. The van der Waals surface area contributed by atoms with Crippen LogP contribution in [-0.2, 0) is 15.3 Å². The predicted octanol–water partition coefficient (Wildman–Crippen LogP) is 5.59. The topological polar surface area (TPSA) is 75.2 Å². The van der Waals surface area contributed by atoms with Crippen molar-refractivity contribution in [2.45, 2.75) is 43.9 Å². The standard InChI is InChI=1S/C25H28Cl2N4O3/c1-33-30-24(32)31-25(18-9-4-2-5-10-18,15-8-16-28-20-11-6-3-7-12-20)34-23(29-31)21-17-19(26)13-14-22(21)27/h2-6,9-10,13-14,17,20,28H,7-8,11-12,15-16H2,1H3,(H,30,32). The maximum Gasteiger partial charge on any atom is 0.365 e. The molecule has 2 unspecified atom stereocenters. The molecule has 0 bridgehead atoms. The van der Waals surface area contributed by atoms with Crippen LogP contribution >= 0.6 is 23.2 Å². The first kappa shape index (κ1) is 24.5. The molecule has 4 rings (SSSR count). The maximum absolute atomic E-state index is 13.1. The molecular formula is C25H28Cl2N4O3. The number of allylic oxidation sites excluding steroid dienone is 1. The van der Waals surface area contributed by atoms with E-state index in [2.05, 4.69) is 28.1 Å². The molecule has 9 heteroatoms. The van der Waals surface area contributed by atoms with Crippen molar-refractivity contribution in [3.8, 4) is 0 Å². The summed E-state index contributed by atoms with van der Waals surface area (Å²) < 4.78 is 6.51. The van der Waals surface area contributed by atoms with Gasteiger partial charge in [0.15, 0.2) is 0 Å². The first-order valence-corrected chi connectivity index (χ1v) is 12.1. The summed E-state index contributed by atoms with van der Waals surface area (Å²) in [6.45, 7) is 0.781. The van der Waals surface area contributed by atoms with Gasteiger partial charge in [-0.05, 0) is 50.4 Å². The molecule has 0 aromatic heterocycles. The van der Waals surface area contributed by atoms with Crippen molar-refractivity contribution in [2.75, 3.05) is 13.7 Å². The highest BCUT2D eigenvalue weighted by atomic mass is 35.5. The van der Waals surface area contributed by atoms with Gasteiger partial charge >= 0.3 is 6.03 Å². The van der Waals surface area contributed by atoms with Gasteiger partial charge < -0.3 is 10.1 Å².